The molecule has 2 aromatic heterocycles. The highest BCUT2D eigenvalue weighted by Crippen LogP contribution is 2.36. The van der Waals surface area contributed by atoms with E-state index in [1.165, 1.54) is 43.3 Å². The molecule has 0 bridgehead atoms. The number of fused-ring (bicyclic) bond motifs is 2. The van der Waals surface area contributed by atoms with Crippen molar-refractivity contribution in [3.8, 4) is 11.1 Å². The number of benzene rings is 2. The largest absolute Gasteiger partial charge is 0.396 e. The molecule has 0 amide bonds. The molecule has 31 heavy (non-hydrogen) atoms. The highest BCUT2D eigenvalue weighted by molar-refractivity contribution is 5.97. The van der Waals surface area contributed by atoms with E-state index in [0.29, 0.717) is 12.0 Å². The van der Waals surface area contributed by atoms with Gasteiger partial charge in [0.05, 0.1) is 34.7 Å². The summed E-state index contributed by atoms with van der Waals surface area (Å²) in [5, 5.41) is 9.55. The van der Waals surface area contributed by atoms with E-state index in [0.717, 1.165) is 47.2 Å². The Morgan fingerprint density at radius 1 is 1.03 bits per heavy atom. The Kier molecular flexibility index (Phi) is 4.68. The standard InChI is InChI=1S/C25H29N5O/c31-14-17-8-9-29(13-17)20-11-21(25-23(12-20)26-15-27-25)18-6-7-24-22(10-18)28-16-30(24)19-4-2-1-3-5-19/h6-7,10-12,15-17,19,31H,1-5,8-9,13-14H2,(H,26,27)/t17-/m0/s1. The fraction of sp³-hybridized carbons (Fsp3) is 0.440. The van der Waals surface area contributed by atoms with Crippen molar-refractivity contribution in [1.82, 2.24) is 19.5 Å². The summed E-state index contributed by atoms with van der Waals surface area (Å²) in [5.41, 5.74) is 7.80. The Morgan fingerprint density at radius 2 is 1.94 bits per heavy atom. The minimum Gasteiger partial charge on any atom is -0.396 e. The number of aromatic amines is 1. The molecule has 1 aliphatic carbocycles. The zero-order valence-electron chi connectivity index (χ0n) is 17.8. The maximum Gasteiger partial charge on any atom is 0.0962 e. The van der Waals surface area contributed by atoms with Gasteiger partial charge in [-0.3, -0.25) is 0 Å². The molecule has 3 heterocycles. The van der Waals surface area contributed by atoms with Crippen LogP contribution in [0.3, 0.4) is 0 Å². The number of nitrogens with zero attached hydrogens (tertiary/aromatic N) is 4. The number of nitrogens with one attached hydrogen (secondary N) is 1. The first kappa shape index (κ1) is 18.9. The zero-order valence-corrected chi connectivity index (χ0v) is 17.8. The molecule has 6 heteroatoms. The molecule has 0 spiro atoms. The highest BCUT2D eigenvalue weighted by Gasteiger charge is 2.23. The SMILES string of the molecule is OC[C@H]1CCN(c2cc(-c3ccc4c(c3)ncn4C3CCCCC3)c3nc[nH]c3c2)C1. The summed E-state index contributed by atoms with van der Waals surface area (Å²) in [6, 6.07) is 11.7. The van der Waals surface area contributed by atoms with E-state index in [2.05, 4.69) is 49.8 Å². The summed E-state index contributed by atoms with van der Waals surface area (Å²) >= 11 is 0. The number of H-pyrrole nitrogens is 1. The fourth-order valence-electron chi connectivity index (χ4n) is 5.50. The molecule has 2 fully saturated rings. The molecule has 1 saturated heterocycles. The average Bonchev–Trinajstić information content (AvgIpc) is 3.57. The number of aliphatic hydroxyl groups is 1. The predicted octanol–water partition coefficient (Wildman–Crippen LogP) is 4.90. The molecule has 1 atom stereocenters. The summed E-state index contributed by atoms with van der Waals surface area (Å²) in [5.74, 6) is 0.362. The van der Waals surface area contributed by atoms with Gasteiger partial charge >= 0.3 is 0 Å². The van der Waals surface area contributed by atoms with Gasteiger partial charge in [0.15, 0.2) is 0 Å². The second kappa shape index (κ2) is 7.68. The molecule has 6 nitrogen and oxygen atoms in total. The smallest absolute Gasteiger partial charge is 0.0962 e. The molecule has 1 saturated carbocycles. The van der Waals surface area contributed by atoms with Crippen LogP contribution in [0.15, 0.2) is 43.0 Å². The van der Waals surface area contributed by atoms with Crippen LogP contribution in [0.4, 0.5) is 5.69 Å². The van der Waals surface area contributed by atoms with Gasteiger partial charge in [-0.25, -0.2) is 9.97 Å². The molecule has 6 rings (SSSR count). The van der Waals surface area contributed by atoms with E-state index < -0.39 is 0 Å². The van der Waals surface area contributed by atoms with Crippen LogP contribution in [0.2, 0.25) is 0 Å². The highest BCUT2D eigenvalue weighted by atomic mass is 16.3. The molecular formula is C25H29N5O. The van der Waals surface area contributed by atoms with E-state index in [4.69, 9.17) is 4.98 Å². The van der Waals surface area contributed by atoms with Crippen molar-refractivity contribution < 1.29 is 5.11 Å². The number of aromatic nitrogens is 4. The maximum absolute atomic E-state index is 9.55. The molecule has 1 aliphatic heterocycles. The van der Waals surface area contributed by atoms with Crippen LogP contribution in [0.5, 0.6) is 0 Å². The van der Waals surface area contributed by atoms with Gasteiger partial charge in [-0.15, -0.1) is 0 Å². The van der Waals surface area contributed by atoms with Gasteiger partial charge in [0, 0.05) is 42.9 Å². The zero-order chi connectivity index (χ0) is 20.8. The Morgan fingerprint density at radius 3 is 2.77 bits per heavy atom. The number of hydrogen-bond donors (Lipinski definition) is 2. The Hall–Kier alpha value is -2.86. The van der Waals surface area contributed by atoms with Crippen molar-refractivity contribution in [3.05, 3.63) is 43.0 Å². The number of hydrogen-bond acceptors (Lipinski definition) is 4. The number of anilines is 1. The van der Waals surface area contributed by atoms with E-state index in [-0.39, 0.29) is 6.61 Å². The van der Waals surface area contributed by atoms with Crippen LogP contribution >= 0.6 is 0 Å². The van der Waals surface area contributed by atoms with Crippen molar-refractivity contribution in [2.24, 2.45) is 5.92 Å². The number of rotatable bonds is 4. The van der Waals surface area contributed by atoms with Crippen molar-refractivity contribution in [3.63, 3.8) is 0 Å². The Bertz CT molecular complexity index is 1220. The third kappa shape index (κ3) is 3.30. The summed E-state index contributed by atoms with van der Waals surface area (Å²) < 4.78 is 2.39. The van der Waals surface area contributed by atoms with E-state index in [1.54, 1.807) is 6.33 Å². The van der Waals surface area contributed by atoms with Crippen LogP contribution < -0.4 is 4.90 Å². The minimum absolute atomic E-state index is 0.260. The van der Waals surface area contributed by atoms with E-state index in [9.17, 15) is 5.11 Å². The van der Waals surface area contributed by atoms with Crippen molar-refractivity contribution in [2.75, 3.05) is 24.6 Å². The van der Waals surface area contributed by atoms with Gasteiger partial charge in [0.2, 0.25) is 0 Å². The lowest BCUT2D eigenvalue weighted by atomic mass is 9.95. The normalized spacial score (nSPS) is 20.3. The van der Waals surface area contributed by atoms with E-state index in [1.807, 2.05) is 6.33 Å². The summed E-state index contributed by atoms with van der Waals surface area (Å²) in [6.45, 7) is 2.14. The topological polar surface area (TPSA) is 70.0 Å². The molecule has 0 unspecified atom stereocenters. The fourth-order valence-corrected chi connectivity index (χ4v) is 5.50. The van der Waals surface area contributed by atoms with Crippen LogP contribution in [0, 0.1) is 5.92 Å². The lowest BCUT2D eigenvalue weighted by Gasteiger charge is -2.23. The summed E-state index contributed by atoms with van der Waals surface area (Å²) in [4.78, 5) is 15.1. The number of aliphatic hydroxyl groups excluding tert-OH is 1. The predicted molar refractivity (Wildman–Crippen MR) is 124 cm³/mol. The quantitative estimate of drug-likeness (QED) is 0.497. The van der Waals surface area contributed by atoms with Gasteiger partial charge in [0.1, 0.15) is 0 Å². The van der Waals surface area contributed by atoms with Crippen LogP contribution in [-0.2, 0) is 0 Å². The first-order valence-electron chi connectivity index (χ1n) is 11.6. The molecule has 4 aromatic rings. The third-order valence-corrected chi connectivity index (χ3v) is 7.27. The van der Waals surface area contributed by atoms with Gasteiger partial charge in [-0.1, -0.05) is 25.3 Å². The molecule has 0 radical (unpaired) electrons. The van der Waals surface area contributed by atoms with Crippen molar-refractivity contribution >= 4 is 27.8 Å². The van der Waals surface area contributed by atoms with Gasteiger partial charge in [0.25, 0.3) is 0 Å². The Labute approximate surface area is 181 Å². The Balaban J connectivity index is 1.40. The van der Waals surface area contributed by atoms with Gasteiger partial charge in [-0.2, -0.15) is 0 Å². The lowest BCUT2D eigenvalue weighted by molar-refractivity contribution is 0.238. The number of imidazole rings is 2. The van der Waals surface area contributed by atoms with Crippen molar-refractivity contribution in [1.29, 1.82) is 0 Å². The van der Waals surface area contributed by atoms with Crippen LogP contribution in [-0.4, -0.2) is 44.3 Å². The second-order valence-electron chi connectivity index (χ2n) is 9.22. The van der Waals surface area contributed by atoms with E-state index >= 15 is 0 Å². The maximum atomic E-state index is 9.55. The minimum atomic E-state index is 0.260. The van der Waals surface area contributed by atoms with Gasteiger partial charge < -0.3 is 19.6 Å². The first-order chi connectivity index (χ1) is 15.3. The summed E-state index contributed by atoms with van der Waals surface area (Å²) in [7, 11) is 0. The average molecular weight is 416 g/mol. The van der Waals surface area contributed by atoms with Crippen LogP contribution in [0.1, 0.15) is 44.6 Å². The third-order valence-electron chi connectivity index (χ3n) is 7.27. The molecule has 2 aromatic carbocycles. The molecular weight excluding hydrogens is 386 g/mol. The van der Waals surface area contributed by atoms with Gasteiger partial charge in [-0.05, 0) is 49.1 Å². The molecule has 2 aliphatic rings. The molecule has 160 valence electrons. The monoisotopic (exact) mass is 415 g/mol. The molecule has 2 N–H and O–H groups in total. The van der Waals surface area contributed by atoms with Crippen LogP contribution in [0.25, 0.3) is 33.2 Å². The lowest BCUT2D eigenvalue weighted by Crippen LogP contribution is -2.20. The first-order valence-corrected chi connectivity index (χ1v) is 11.6. The van der Waals surface area contributed by atoms with Crippen molar-refractivity contribution in [2.45, 2.75) is 44.6 Å². The second-order valence-corrected chi connectivity index (χ2v) is 9.22. The summed E-state index contributed by atoms with van der Waals surface area (Å²) in [6.07, 6.45) is 11.4.